The average Bonchev–Trinajstić information content (AvgIpc) is 2.70. The molecule has 0 bridgehead atoms. The minimum atomic E-state index is -1.15. The molecule has 6 nitrogen and oxygen atoms in total. The Hall–Kier alpha value is -2.20. The summed E-state index contributed by atoms with van der Waals surface area (Å²) >= 11 is 2.15. The summed E-state index contributed by atoms with van der Waals surface area (Å²) in [5.74, 6) is -1.80. The van der Waals surface area contributed by atoms with Crippen LogP contribution in [0, 0.1) is 23.2 Å². The normalized spacial score (nSPS) is 14.9. The molecule has 0 fully saturated rings. The van der Waals surface area contributed by atoms with E-state index in [2.05, 4.69) is 22.6 Å². The first-order valence-electron chi connectivity index (χ1n) is 10.2. The van der Waals surface area contributed by atoms with Crippen molar-refractivity contribution in [2.45, 2.75) is 59.3 Å². The monoisotopic (exact) mass is 555 g/mol. The van der Waals surface area contributed by atoms with Crippen LogP contribution in [0.2, 0.25) is 0 Å². The summed E-state index contributed by atoms with van der Waals surface area (Å²) in [7, 11) is 1.37. The molecule has 1 amide bonds. The molecule has 1 N–H and O–H groups in total. The Morgan fingerprint density at radius 3 is 2.44 bits per heavy atom. The summed E-state index contributed by atoms with van der Waals surface area (Å²) in [5, 5.41) is 9.91. The number of ether oxygens (including phenoxy) is 2. The molecule has 1 aliphatic heterocycles. The van der Waals surface area contributed by atoms with E-state index >= 15 is 0 Å². The zero-order valence-electron chi connectivity index (χ0n) is 19.0. The number of carbonyl (C=O) groups excluding carboxylic acids is 1. The van der Waals surface area contributed by atoms with E-state index < -0.39 is 23.5 Å². The van der Waals surface area contributed by atoms with E-state index in [1.165, 1.54) is 18.1 Å². The summed E-state index contributed by atoms with van der Waals surface area (Å²) < 4.78 is 26.2. The van der Waals surface area contributed by atoms with Crippen molar-refractivity contribution in [1.29, 1.82) is 0 Å². The fourth-order valence-corrected chi connectivity index (χ4v) is 5.10. The molecule has 0 aromatic heterocycles. The summed E-state index contributed by atoms with van der Waals surface area (Å²) in [6.45, 7) is 9.42. The lowest BCUT2D eigenvalue weighted by atomic mass is 9.86. The second kappa shape index (κ2) is 8.97. The Morgan fingerprint density at radius 1 is 1.22 bits per heavy atom. The van der Waals surface area contributed by atoms with Crippen molar-refractivity contribution in [3.8, 4) is 5.75 Å². The quantitative estimate of drug-likeness (QED) is 0.521. The van der Waals surface area contributed by atoms with Crippen LogP contribution in [-0.2, 0) is 27.3 Å². The van der Waals surface area contributed by atoms with Gasteiger partial charge < -0.3 is 19.5 Å². The van der Waals surface area contributed by atoms with Crippen molar-refractivity contribution in [2.24, 2.45) is 0 Å². The van der Waals surface area contributed by atoms with E-state index in [1.54, 1.807) is 12.1 Å². The first kappa shape index (κ1) is 24.4. The molecule has 172 valence electrons. The van der Waals surface area contributed by atoms with Crippen LogP contribution in [0.1, 0.15) is 54.7 Å². The predicted octanol–water partition coefficient (Wildman–Crippen LogP) is 5.09. The Kier molecular flexibility index (Phi) is 6.86. The number of amides is 1. The number of halogens is 2. The summed E-state index contributed by atoms with van der Waals surface area (Å²) in [6, 6.07) is 4.49. The molecule has 3 rings (SSSR count). The number of carboxylic acids is 1. The van der Waals surface area contributed by atoms with Gasteiger partial charge in [0.1, 0.15) is 0 Å². The number of carboxylic acid groups (broad SMARTS) is 1. The molecule has 0 aliphatic carbocycles. The molecule has 0 saturated heterocycles. The van der Waals surface area contributed by atoms with Gasteiger partial charge in [0.2, 0.25) is 5.91 Å². The van der Waals surface area contributed by atoms with Gasteiger partial charge in [0.05, 0.1) is 31.4 Å². The molecule has 1 atom stereocenters. The summed E-state index contributed by atoms with van der Waals surface area (Å²) in [6.07, 6.45) is -1.07. The van der Waals surface area contributed by atoms with E-state index in [1.807, 2.05) is 34.6 Å². The van der Waals surface area contributed by atoms with Gasteiger partial charge in [-0.15, -0.1) is 0 Å². The lowest BCUT2D eigenvalue weighted by Crippen LogP contribution is -2.38. The highest BCUT2D eigenvalue weighted by atomic mass is 127. The van der Waals surface area contributed by atoms with Gasteiger partial charge in [-0.25, -0.2) is 9.18 Å². The summed E-state index contributed by atoms with van der Waals surface area (Å²) in [4.78, 5) is 26.8. The third-order valence-corrected chi connectivity index (χ3v) is 6.97. The van der Waals surface area contributed by atoms with Crippen LogP contribution in [0.15, 0.2) is 18.2 Å². The molecule has 2 aromatic rings. The van der Waals surface area contributed by atoms with Gasteiger partial charge in [0.15, 0.2) is 17.7 Å². The maximum Gasteiger partial charge on any atom is 0.337 e. The minimum Gasteiger partial charge on any atom is -0.492 e. The van der Waals surface area contributed by atoms with Gasteiger partial charge in [-0.2, -0.15) is 0 Å². The highest BCUT2D eigenvalue weighted by Crippen LogP contribution is 2.41. The number of methoxy groups -OCH3 is 1. The van der Waals surface area contributed by atoms with E-state index in [9.17, 15) is 19.1 Å². The molecule has 1 heterocycles. The van der Waals surface area contributed by atoms with E-state index in [4.69, 9.17) is 9.47 Å². The van der Waals surface area contributed by atoms with E-state index in [-0.39, 0.29) is 24.6 Å². The number of rotatable bonds is 5. The number of fused-ring (bicyclic) bond motifs is 1. The first-order chi connectivity index (χ1) is 14.9. The number of aliphatic carboxylic acids is 1. The van der Waals surface area contributed by atoms with Crippen molar-refractivity contribution in [3.05, 3.63) is 55.4 Å². The smallest absolute Gasteiger partial charge is 0.337 e. The SMILES string of the molecule is COc1c(F)cccc1N1Cc2c(C)c(I)c(C(OC(C)(C)C)C(=O)O)c(C)c2CC1=O. The lowest BCUT2D eigenvalue weighted by molar-refractivity contribution is -0.160. The average molecular weight is 555 g/mol. The Morgan fingerprint density at radius 2 is 1.88 bits per heavy atom. The summed E-state index contributed by atoms with van der Waals surface area (Å²) in [5.41, 5.74) is 3.65. The molecule has 0 radical (unpaired) electrons. The zero-order chi connectivity index (χ0) is 24.0. The molecule has 0 saturated carbocycles. The van der Waals surface area contributed by atoms with E-state index in [0.717, 1.165) is 25.8 Å². The topological polar surface area (TPSA) is 76.1 Å². The maximum atomic E-state index is 14.3. The van der Waals surface area contributed by atoms with Gasteiger partial charge in [-0.05, 0) is 91.6 Å². The third kappa shape index (κ3) is 4.47. The minimum absolute atomic E-state index is 0.0227. The van der Waals surface area contributed by atoms with Gasteiger partial charge in [0.25, 0.3) is 0 Å². The molecular formula is C24H27FINO5. The highest BCUT2D eigenvalue weighted by Gasteiger charge is 2.36. The molecule has 2 aromatic carbocycles. The Balaban J connectivity index is 2.15. The van der Waals surface area contributed by atoms with Gasteiger partial charge in [-0.3, -0.25) is 4.79 Å². The van der Waals surface area contributed by atoms with Crippen LogP contribution < -0.4 is 9.64 Å². The Labute approximate surface area is 200 Å². The number of para-hydroxylation sites is 1. The second-order valence-electron chi connectivity index (χ2n) is 8.83. The number of anilines is 1. The second-order valence-corrected chi connectivity index (χ2v) is 9.91. The van der Waals surface area contributed by atoms with Crippen LogP contribution in [0.5, 0.6) is 5.75 Å². The Bertz CT molecular complexity index is 1090. The van der Waals surface area contributed by atoms with Crippen molar-refractivity contribution in [3.63, 3.8) is 0 Å². The largest absolute Gasteiger partial charge is 0.492 e. The number of hydrogen-bond acceptors (Lipinski definition) is 4. The van der Waals surface area contributed by atoms with Crippen LogP contribution in [0.4, 0.5) is 10.1 Å². The van der Waals surface area contributed by atoms with Crippen LogP contribution in [-0.4, -0.2) is 29.7 Å². The third-order valence-electron chi connectivity index (χ3n) is 5.58. The van der Waals surface area contributed by atoms with Crippen molar-refractivity contribution in [2.75, 3.05) is 12.0 Å². The number of benzene rings is 2. The van der Waals surface area contributed by atoms with E-state index in [0.29, 0.717) is 11.3 Å². The molecule has 0 spiro atoms. The molecule has 32 heavy (non-hydrogen) atoms. The predicted molar refractivity (Wildman–Crippen MR) is 128 cm³/mol. The first-order valence-corrected chi connectivity index (χ1v) is 11.3. The molecule has 1 aliphatic rings. The molecular weight excluding hydrogens is 528 g/mol. The standard InChI is InChI=1S/C24H27FINO5/c1-12-14-10-18(28)27(17-9-7-8-16(25)21(17)31-6)11-15(14)13(2)20(26)19(12)22(23(29)30)32-24(3,4)5/h7-9,22H,10-11H2,1-6H3,(H,29,30). The highest BCUT2D eigenvalue weighted by molar-refractivity contribution is 14.1. The number of nitrogens with zero attached hydrogens (tertiary/aromatic N) is 1. The molecule has 8 heteroatoms. The van der Waals surface area contributed by atoms with Crippen LogP contribution >= 0.6 is 22.6 Å². The molecule has 1 unspecified atom stereocenters. The number of carbonyl (C=O) groups is 2. The van der Waals surface area contributed by atoms with Crippen LogP contribution in [0.3, 0.4) is 0 Å². The van der Waals surface area contributed by atoms with Gasteiger partial charge in [-0.1, -0.05) is 6.07 Å². The van der Waals surface area contributed by atoms with Crippen molar-refractivity contribution >= 4 is 40.2 Å². The van der Waals surface area contributed by atoms with Gasteiger partial charge >= 0.3 is 5.97 Å². The maximum absolute atomic E-state index is 14.3. The fraction of sp³-hybridized carbons (Fsp3) is 0.417. The number of hydrogen-bond donors (Lipinski definition) is 1. The lowest BCUT2D eigenvalue weighted by Gasteiger charge is -2.34. The van der Waals surface area contributed by atoms with Gasteiger partial charge in [0, 0.05) is 9.13 Å². The zero-order valence-corrected chi connectivity index (χ0v) is 21.2. The van der Waals surface area contributed by atoms with Crippen molar-refractivity contribution in [1.82, 2.24) is 0 Å². The van der Waals surface area contributed by atoms with Crippen molar-refractivity contribution < 1.29 is 28.6 Å². The van der Waals surface area contributed by atoms with Crippen LogP contribution in [0.25, 0.3) is 0 Å². The fourth-order valence-electron chi connectivity index (χ4n) is 4.09.